The van der Waals surface area contributed by atoms with Crippen molar-refractivity contribution in [3.8, 4) is 5.75 Å². The van der Waals surface area contributed by atoms with Crippen LogP contribution >= 0.6 is 15.9 Å². The van der Waals surface area contributed by atoms with E-state index < -0.39 is 12.5 Å². The van der Waals surface area contributed by atoms with Gasteiger partial charge in [0.25, 0.3) is 0 Å². The maximum atomic E-state index is 12.4. The van der Waals surface area contributed by atoms with Gasteiger partial charge in [-0.25, -0.2) is 0 Å². The Hall–Kier alpha value is -1.96. The molecule has 0 saturated carbocycles. The van der Waals surface area contributed by atoms with Crippen LogP contribution < -0.4 is 10.1 Å². The molecule has 1 N–H and O–H groups in total. The van der Waals surface area contributed by atoms with Gasteiger partial charge in [0, 0.05) is 6.20 Å². The lowest BCUT2D eigenvalue weighted by Crippen LogP contribution is -2.20. The smallest absolute Gasteiger partial charge is 0.387 e. The molecule has 1 amide bonds. The molecule has 0 aliphatic heterocycles. The van der Waals surface area contributed by atoms with E-state index in [1.807, 2.05) is 0 Å². The van der Waals surface area contributed by atoms with Gasteiger partial charge in [0.2, 0.25) is 5.91 Å². The Morgan fingerprint density at radius 2 is 2.18 bits per heavy atom. The fourth-order valence-electron chi connectivity index (χ4n) is 1.84. The quantitative estimate of drug-likeness (QED) is 0.872. The van der Waals surface area contributed by atoms with Gasteiger partial charge in [-0.15, -0.1) is 0 Å². The lowest BCUT2D eigenvalue weighted by Gasteiger charge is -2.12. The number of ether oxygens (including phenoxy) is 1. The number of alkyl halides is 2. The van der Waals surface area contributed by atoms with Gasteiger partial charge in [-0.05, 0) is 47.5 Å². The van der Waals surface area contributed by atoms with Crippen molar-refractivity contribution in [3.63, 3.8) is 0 Å². The van der Waals surface area contributed by atoms with Crippen LogP contribution in [0.1, 0.15) is 11.3 Å². The normalized spacial score (nSPS) is 10.8. The summed E-state index contributed by atoms with van der Waals surface area (Å²) in [5.41, 5.74) is 1.70. The number of anilines is 1. The van der Waals surface area contributed by atoms with Crippen LogP contribution in [0.15, 0.2) is 28.9 Å². The summed E-state index contributed by atoms with van der Waals surface area (Å²) >= 11 is 3.30. The Morgan fingerprint density at radius 3 is 2.77 bits per heavy atom. The van der Waals surface area contributed by atoms with E-state index in [0.717, 1.165) is 15.7 Å². The molecule has 118 valence electrons. The maximum Gasteiger partial charge on any atom is 0.387 e. The number of hydrogen-bond acceptors (Lipinski definition) is 3. The zero-order chi connectivity index (χ0) is 16.3. The number of carbonyl (C=O) groups is 1. The van der Waals surface area contributed by atoms with E-state index in [2.05, 4.69) is 31.1 Å². The molecule has 1 aromatic carbocycles. The molecule has 0 fully saturated rings. The van der Waals surface area contributed by atoms with E-state index in [9.17, 15) is 13.6 Å². The van der Waals surface area contributed by atoms with E-state index in [1.165, 1.54) is 16.8 Å². The molecule has 2 aromatic rings. The SMILES string of the molecule is Cc1ccc(NC(=O)Cn2cc(Br)c(C)n2)c(OC(F)F)c1. The third kappa shape index (κ3) is 4.27. The largest absolute Gasteiger partial charge is 0.433 e. The summed E-state index contributed by atoms with van der Waals surface area (Å²) in [6.07, 6.45) is 1.67. The zero-order valence-corrected chi connectivity index (χ0v) is 13.5. The fourth-order valence-corrected chi connectivity index (χ4v) is 2.15. The first-order valence-electron chi connectivity index (χ1n) is 6.40. The van der Waals surface area contributed by atoms with Gasteiger partial charge in [-0.1, -0.05) is 6.07 Å². The first-order chi connectivity index (χ1) is 10.3. The van der Waals surface area contributed by atoms with Crippen molar-refractivity contribution in [1.29, 1.82) is 0 Å². The molecular formula is C14H14BrF2N3O2. The lowest BCUT2D eigenvalue weighted by molar-refractivity contribution is -0.117. The van der Waals surface area contributed by atoms with Crippen LogP contribution in [0.3, 0.4) is 0 Å². The molecule has 22 heavy (non-hydrogen) atoms. The summed E-state index contributed by atoms with van der Waals surface area (Å²) in [5.74, 6) is -0.459. The van der Waals surface area contributed by atoms with E-state index in [1.54, 1.807) is 26.1 Å². The molecule has 0 unspecified atom stereocenters. The summed E-state index contributed by atoms with van der Waals surface area (Å²) < 4.78 is 31.5. The van der Waals surface area contributed by atoms with Crippen molar-refractivity contribution in [1.82, 2.24) is 9.78 Å². The molecule has 1 aromatic heterocycles. The van der Waals surface area contributed by atoms with Gasteiger partial charge in [-0.2, -0.15) is 13.9 Å². The number of rotatable bonds is 5. The number of aryl methyl sites for hydroxylation is 2. The average Bonchev–Trinajstić information content (AvgIpc) is 2.70. The first-order valence-corrected chi connectivity index (χ1v) is 7.19. The highest BCUT2D eigenvalue weighted by Gasteiger charge is 2.13. The van der Waals surface area contributed by atoms with Crippen LogP contribution in [0.25, 0.3) is 0 Å². The van der Waals surface area contributed by atoms with E-state index in [0.29, 0.717) is 0 Å². The topological polar surface area (TPSA) is 56.2 Å². The number of benzene rings is 1. The molecule has 0 aliphatic rings. The monoisotopic (exact) mass is 373 g/mol. The number of amides is 1. The summed E-state index contributed by atoms with van der Waals surface area (Å²) in [7, 11) is 0. The molecule has 2 rings (SSSR count). The van der Waals surface area contributed by atoms with E-state index >= 15 is 0 Å². The van der Waals surface area contributed by atoms with Crippen molar-refractivity contribution >= 4 is 27.5 Å². The van der Waals surface area contributed by atoms with Crippen LogP contribution in [0.2, 0.25) is 0 Å². The molecule has 5 nitrogen and oxygen atoms in total. The highest BCUT2D eigenvalue weighted by molar-refractivity contribution is 9.10. The van der Waals surface area contributed by atoms with Crippen LogP contribution in [0.4, 0.5) is 14.5 Å². The van der Waals surface area contributed by atoms with Gasteiger partial charge >= 0.3 is 6.61 Å². The number of hydrogen-bond donors (Lipinski definition) is 1. The molecule has 0 atom stereocenters. The fraction of sp³-hybridized carbons (Fsp3) is 0.286. The average molecular weight is 374 g/mol. The van der Waals surface area contributed by atoms with Crippen molar-refractivity contribution in [2.45, 2.75) is 27.0 Å². The molecule has 0 saturated heterocycles. The minimum Gasteiger partial charge on any atom is -0.433 e. The van der Waals surface area contributed by atoms with Gasteiger partial charge in [0.15, 0.2) is 0 Å². The second-order valence-corrected chi connectivity index (χ2v) is 5.54. The van der Waals surface area contributed by atoms with Crippen molar-refractivity contribution in [2.75, 3.05) is 5.32 Å². The van der Waals surface area contributed by atoms with Crippen LogP contribution in [0, 0.1) is 13.8 Å². The Bertz CT molecular complexity index is 669. The lowest BCUT2D eigenvalue weighted by atomic mass is 10.2. The predicted octanol–water partition coefficient (Wildman–Crippen LogP) is 3.50. The van der Waals surface area contributed by atoms with Crippen LogP contribution in [-0.2, 0) is 11.3 Å². The van der Waals surface area contributed by atoms with Gasteiger partial charge in [0.05, 0.1) is 15.9 Å². The molecule has 0 spiro atoms. The van der Waals surface area contributed by atoms with Crippen molar-refractivity contribution in [2.24, 2.45) is 0 Å². The minimum absolute atomic E-state index is 0.0333. The van der Waals surface area contributed by atoms with Gasteiger partial charge < -0.3 is 10.1 Å². The number of carbonyl (C=O) groups excluding carboxylic acids is 1. The summed E-state index contributed by atoms with van der Waals surface area (Å²) in [6.45, 7) is 0.553. The summed E-state index contributed by atoms with van der Waals surface area (Å²) in [6, 6.07) is 4.66. The van der Waals surface area contributed by atoms with E-state index in [-0.39, 0.29) is 18.0 Å². The Balaban J connectivity index is 2.10. The van der Waals surface area contributed by atoms with E-state index in [4.69, 9.17) is 0 Å². The third-order valence-electron chi connectivity index (χ3n) is 2.82. The van der Waals surface area contributed by atoms with Crippen LogP contribution in [0.5, 0.6) is 5.75 Å². The highest BCUT2D eigenvalue weighted by Crippen LogP contribution is 2.27. The predicted molar refractivity (Wildman–Crippen MR) is 81.1 cm³/mol. The highest BCUT2D eigenvalue weighted by atomic mass is 79.9. The summed E-state index contributed by atoms with van der Waals surface area (Å²) in [5, 5.41) is 6.68. The first kappa shape index (κ1) is 16.4. The molecular weight excluding hydrogens is 360 g/mol. The maximum absolute atomic E-state index is 12.4. The molecule has 8 heteroatoms. The Kier molecular flexibility index (Phi) is 5.12. The van der Waals surface area contributed by atoms with Crippen molar-refractivity contribution < 1.29 is 18.3 Å². The molecule has 1 heterocycles. The minimum atomic E-state index is -2.96. The third-order valence-corrected chi connectivity index (χ3v) is 3.60. The standard InChI is InChI=1S/C14H14BrF2N3O2/c1-8-3-4-11(12(5-8)22-14(16)17)18-13(21)7-20-6-10(15)9(2)19-20/h3-6,14H,7H2,1-2H3,(H,18,21). The zero-order valence-electron chi connectivity index (χ0n) is 11.9. The molecule has 0 aliphatic carbocycles. The molecule has 0 radical (unpaired) electrons. The van der Waals surface area contributed by atoms with Gasteiger partial charge in [-0.3, -0.25) is 9.48 Å². The molecule has 0 bridgehead atoms. The Morgan fingerprint density at radius 1 is 1.45 bits per heavy atom. The Labute approximate surface area is 134 Å². The van der Waals surface area contributed by atoms with Crippen molar-refractivity contribution in [3.05, 3.63) is 40.1 Å². The van der Waals surface area contributed by atoms with Crippen LogP contribution in [-0.4, -0.2) is 22.3 Å². The number of nitrogens with one attached hydrogen (secondary N) is 1. The van der Waals surface area contributed by atoms with Gasteiger partial charge in [0.1, 0.15) is 12.3 Å². The second-order valence-electron chi connectivity index (χ2n) is 4.69. The number of nitrogens with zero attached hydrogens (tertiary/aromatic N) is 2. The number of halogens is 3. The number of aromatic nitrogens is 2. The second kappa shape index (κ2) is 6.87. The summed E-state index contributed by atoms with van der Waals surface area (Å²) in [4.78, 5) is 12.0.